The maximum Gasteiger partial charge on any atom is 0.204 e. The minimum Gasteiger partial charge on any atom is -0.365 e. The van der Waals surface area contributed by atoms with Crippen LogP contribution in [0.15, 0.2) is 48.5 Å². The van der Waals surface area contributed by atoms with Crippen molar-refractivity contribution in [3.63, 3.8) is 0 Å². The highest BCUT2D eigenvalue weighted by Gasteiger charge is 2.22. The minimum absolute atomic E-state index is 0.211. The predicted molar refractivity (Wildman–Crippen MR) is 138 cm³/mol. The van der Waals surface area contributed by atoms with Crippen LogP contribution in [0.5, 0.6) is 0 Å². The van der Waals surface area contributed by atoms with Crippen LogP contribution in [0.2, 0.25) is 0 Å². The van der Waals surface area contributed by atoms with Gasteiger partial charge in [-0.25, -0.2) is 14.4 Å². The van der Waals surface area contributed by atoms with Gasteiger partial charge in [-0.1, -0.05) is 24.3 Å². The number of likely N-dealkylation sites (tertiary alicyclic amines) is 1. The summed E-state index contributed by atoms with van der Waals surface area (Å²) in [4.78, 5) is 13.4. The highest BCUT2D eigenvalue weighted by atomic mass is 32.1. The molecule has 0 unspecified atom stereocenters. The van der Waals surface area contributed by atoms with Crippen LogP contribution in [-0.4, -0.2) is 52.2 Å². The molecule has 1 aliphatic rings. The SMILES string of the molecule is CNc1nc(CCN2CCC(Nc3nc4ccccc4n3Cc3ccc(F)cc3)CC2)c(C)s1. The first-order valence-electron chi connectivity index (χ1n) is 11.9. The molecule has 6 nitrogen and oxygen atoms in total. The maximum absolute atomic E-state index is 13.4. The number of benzene rings is 2. The molecule has 1 saturated heterocycles. The summed E-state index contributed by atoms with van der Waals surface area (Å²) in [5.74, 6) is 0.679. The second-order valence-corrected chi connectivity index (χ2v) is 10.1. The first-order valence-corrected chi connectivity index (χ1v) is 12.7. The fourth-order valence-corrected chi connectivity index (χ4v) is 5.45. The summed E-state index contributed by atoms with van der Waals surface area (Å²) < 4.78 is 15.6. The lowest BCUT2D eigenvalue weighted by Gasteiger charge is -2.32. The molecule has 0 aliphatic carbocycles. The Kier molecular flexibility index (Phi) is 6.78. The highest BCUT2D eigenvalue weighted by molar-refractivity contribution is 7.15. The van der Waals surface area contributed by atoms with Crippen molar-refractivity contribution in [3.05, 3.63) is 70.5 Å². The normalized spacial score (nSPS) is 15.1. The molecule has 2 aromatic carbocycles. The highest BCUT2D eigenvalue weighted by Crippen LogP contribution is 2.25. The quantitative estimate of drug-likeness (QED) is 0.367. The van der Waals surface area contributed by atoms with Gasteiger partial charge < -0.3 is 20.1 Å². The molecule has 34 heavy (non-hydrogen) atoms. The van der Waals surface area contributed by atoms with E-state index in [1.54, 1.807) is 11.3 Å². The Morgan fingerprint density at radius 3 is 2.56 bits per heavy atom. The number of para-hydroxylation sites is 2. The first-order chi connectivity index (χ1) is 16.6. The van der Waals surface area contributed by atoms with E-state index in [0.29, 0.717) is 12.6 Å². The van der Waals surface area contributed by atoms with Crippen molar-refractivity contribution in [3.8, 4) is 0 Å². The maximum atomic E-state index is 13.4. The van der Waals surface area contributed by atoms with E-state index in [1.165, 1.54) is 22.7 Å². The zero-order valence-electron chi connectivity index (χ0n) is 19.7. The van der Waals surface area contributed by atoms with E-state index in [1.807, 2.05) is 37.4 Å². The van der Waals surface area contributed by atoms with Crippen LogP contribution in [0.1, 0.15) is 29.0 Å². The Morgan fingerprint density at radius 2 is 1.82 bits per heavy atom. The lowest BCUT2D eigenvalue weighted by molar-refractivity contribution is 0.220. The lowest BCUT2D eigenvalue weighted by atomic mass is 10.0. The molecule has 0 radical (unpaired) electrons. The fourth-order valence-electron chi connectivity index (χ4n) is 4.63. The predicted octanol–water partition coefficient (Wildman–Crippen LogP) is 5.15. The molecule has 2 N–H and O–H groups in total. The number of aryl methyl sites for hydroxylation is 1. The molecule has 4 aromatic rings. The van der Waals surface area contributed by atoms with Crippen molar-refractivity contribution in [2.75, 3.05) is 37.3 Å². The van der Waals surface area contributed by atoms with Crippen molar-refractivity contribution in [2.24, 2.45) is 0 Å². The molecule has 0 amide bonds. The van der Waals surface area contributed by atoms with Crippen LogP contribution < -0.4 is 10.6 Å². The van der Waals surface area contributed by atoms with Gasteiger partial charge in [0.15, 0.2) is 5.13 Å². The van der Waals surface area contributed by atoms with Crippen LogP contribution in [0.25, 0.3) is 11.0 Å². The summed E-state index contributed by atoms with van der Waals surface area (Å²) in [6.45, 7) is 5.99. The van der Waals surface area contributed by atoms with Crippen molar-refractivity contribution in [2.45, 2.75) is 38.8 Å². The standard InChI is InChI=1S/C26H31FN6S/c1-18-22(31-26(28-2)34-18)13-16-32-14-11-21(12-15-32)29-25-30-23-5-3-4-6-24(23)33(25)17-19-7-9-20(27)10-8-19/h3-10,21H,11-17H2,1-2H3,(H,28,31)(H,29,30). The Hall–Kier alpha value is -2.97. The van der Waals surface area contributed by atoms with Crippen LogP contribution in [-0.2, 0) is 13.0 Å². The second kappa shape index (κ2) is 10.1. The number of rotatable bonds is 8. The van der Waals surface area contributed by atoms with E-state index in [0.717, 1.165) is 66.6 Å². The van der Waals surface area contributed by atoms with E-state index in [9.17, 15) is 4.39 Å². The Bertz CT molecular complexity index is 1240. The first kappa shape index (κ1) is 22.8. The molecule has 0 atom stereocenters. The van der Waals surface area contributed by atoms with E-state index < -0.39 is 0 Å². The monoisotopic (exact) mass is 478 g/mol. The fraction of sp³-hybridized carbons (Fsp3) is 0.385. The van der Waals surface area contributed by atoms with Crippen LogP contribution in [0, 0.1) is 12.7 Å². The summed E-state index contributed by atoms with van der Waals surface area (Å²) in [5.41, 5.74) is 4.33. The number of anilines is 2. The van der Waals surface area contributed by atoms with E-state index in [4.69, 9.17) is 4.98 Å². The third kappa shape index (κ3) is 5.08. The molecule has 2 aromatic heterocycles. The molecule has 0 saturated carbocycles. The van der Waals surface area contributed by atoms with Gasteiger partial charge in [0.2, 0.25) is 5.95 Å². The number of halogens is 1. The molecular weight excluding hydrogens is 447 g/mol. The molecular formula is C26H31FN6S. The molecule has 1 fully saturated rings. The third-order valence-electron chi connectivity index (χ3n) is 6.60. The number of hydrogen-bond acceptors (Lipinski definition) is 6. The minimum atomic E-state index is -0.211. The smallest absolute Gasteiger partial charge is 0.204 e. The van der Waals surface area contributed by atoms with Gasteiger partial charge in [0.25, 0.3) is 0 Å². The van der Waals surface area contributed by atoms with Gasteiger partial charge in [-0.05, 0) is 49.6 Å². The van der Waals surface area contributed by atoms with E-state index >= 15 is 0 Å². The van der Waals surface area contributed by atoms with Gasteiger partial charge in [-0.15, -0.1) is 11.3 Å². The zero-order valence-corrected chi connectivity index (χ0v) is 20.5. The van der Waals surface area contributed by atoms with Gasteiger partial charge in [-0.2, -0.15) is 0 Å². The Morgan fingerprint density at radius 1 is 1.06 bits per heavy atom. The number of hydrogen-bond donors (Lipinski definition) is 2. The summed E-state index contributed by atoms with van der Waals surface area (Å²) in [6, 6.07) is 15.3. The van der Waals surface area contributed by atoms with Crippen molar-refractivity contribution >= 4 is 33.5 Å². The van der Waals surface area contributed by atoms with Crippen molar-refractivity contribution < 1.29 is 4.39 Å². The average molecular weight is 479 g/mol. The van der Waals surface area contributed by atoms with Gasteiger partial charge >= 0.3 is 0 Å². The summed E-state index contributed by atoms with van der Waals surface area (Å²) in [5, 5.41) is 7.86. The molecule has 5 rings (SSSR count). The zero-order chi connectivity index (χ0) is 23.5. The summed E-state index contributed by atoms with van der Waals surface area (Å²) in [7, 11) is 1.92. The molecule has 8 heteroatoms. The number of nitrogens with zero attached hydrogens (tertiary/aromatic N) is 4. The van der Waals surface area contributed by atoms with E-state index in [-0.39, 0.29) is 5.82 Å². The van der Waals surface area contributed by atoms with Crippen LogP contribution >= 0.6 is 11.3 Å². The Labute approximate surface area is 203 Å². The number of thiazole rings is 1. The number of nitrogens with one attached hydrogen (secondary N) is 2. The summed E-state index contributed by atoms with van der Waals surface area (Å²) >= 11 is 1.73. The molecule has 1 aliphatic heterocycles. The van der Waals surface area contributed by atoms with Crippen LogP contribution in [0.4, 0.5) is 15.5 Å². The topological polar surface area (TPSA) is 58.0 Å². The molecule has 178 valence electrons. The van der Waals surface area contributed by atoms with Gasteiger partial charge in [0.1, 0.15) is 5.82 Å². The third-order valence-corrected chi connectivity index (χ3v) is 7.63. The Balaban J connectivity index is 1.22. The molecule has 0 bridgehead atoms. The van der Waals surface area contributed by atoms with E-state index in [2.05, 4.69) is 38.1 Å². The van der Waals surface area contributed by atoms with Crippen molar-refractivity contribution in [1.82, 2.24) is 19.4 Å². The lowest BCUT2D eigenvalue weighted by Crippen LogP contribution is -2.40. The second-order valence-electron chi connectivity index (χ2n) is 8.92. The van der Waals surface area contributed by atoms with Crippen LogP contribution in [0.3, 0.4) is 0 Å². The van der Waals surface area contributed by atoms with Gasteiger partial charge in [0.05, 0.1) is 23.3 Å². The number of imidazole rings is 1. The summed E-state index contributed by atoms with van der Waals surface area (Å²) in [6.07, 6.45) is 3.16. The average Bonchev–Trinajstić information content (AvgIpc) is 3.39. The number of aromatic nitrogens is 3. The molecule has 0 spiro atoms. The number of piperidine rings is 1. The van der Waals surface area contributed by atoms with Crippen molar-refractivity contribution in [1.29, 1.82) is 0 Å². The largest absolute Gasteiger partial charge is 0.365 e. The van der Waals surface area contributed by atoms with Gasteiger partial charge in [-0.3, -0.25) is 0 Å². The molecule has 3 heterocycles. The van der Waals surface area contributed by atoms with Gasteiger partial charge in [0, 0.05) is 44.0 Å². The number of fused-ring (bicyclic) bond motifs is 1.